The Hall–Kier alpha value is -1.90. The zero-order chi connectivity index (χ0) is 20.3. The van der Waals surface area contributed by atoms with Crippen molar-refractivity contribution in [2.24, 2.45) is 0 Å². The van der Waals surface area contributed by atoms with Crippen molar-refractivity contribution in [3.8, 4) is 5.75 Å². The van der Waals surface area contributed by atoms with E-state index in [1.165, 1.54) is 0 Å². The Balaban J connectivity index is 1.84. The maximum atomic E-state index is 12.9. The van der Waals surface area contributed by atoms with Gasteiger partial charge >= 0.3 is 0 Å². The van der Waals surface area contributed by atoms with Gasteiger partial charge in [-0.3, -0.25) is 4.79 Å². The van der Waals surface area contributed by atoms with Crippen LogP contribution in [0.1, 0.15) is 28.4 Å². The number of carbonyl (C=O) groups excluding carboxylic acids is 1. The molecule has 1 heterocycles. The summed E-state index contributed by atoms with van der Waals surface area (Å²) in [6, 6.07) is 14.0. The van der Waals surface area contributed by atoms with Crippen molar-refractivity contribution in [1.82, 2.24) is 0 Å². The minimum Gasteiger partial charge on any atom is -0.476 e. The Labute approximate surface area is 167 Å². The van der Waals surface area contributed by atoms with E-state index in [1.54, 1.807) is 36.4 Å². The molecule has 7 heteroatoms. The van der Waals surface area contributed by atoms with Gasteiger partial charge in [0.1, 0.15) is 18.0 Å². The first-order chi connectivity index (χ1) is 13.5. The second-order valence-corrected chi connectivity index (χ2v) is 8.03. The van der Waals surface area contributed by atoms with Gasteiger partial charge in [0.15, 0.2) is 11.2 Å². The minimum absolute atomic E-state index is 0.215. The van der Waals surface area contributed by atoms with Crippen LogP contribution >= 0.6 is 11.8 Å². The molecule has 0 unspecified atom stereocenters. The van der Waals surface area contributed by atoms with Gasteiger partial charge in [0.2, 0.25) is 0 Å². The molecule has 2 aromatic rings. The maximum Gasteiger partial charge on any atom is 0.196 e. The zero-order valence-electron chi connectivity index (χ0n) is 15.4. The van der Waals surface area contributed by atoms with Crippen LogP contribution in [0.2, 0.25) is 0 Å². The predicted molar refractivity (Wildman–Crippen MR) is 107 cm³/mol. The summed E-state index contributed by atoms with van der Waals surface area (Å²) in [5, 5.41) is 38.9. The van der Waals surface area contributed by atoms with E-state index in [0.29, 0.717) is 11.1 Å². The van der Waals surface area contributed by atoms with Gasteiger partial charge in [-0.25, -0.2) is 0 Å². The molecular weight excluding hydrogens is 380 g/mol. The molecule has 0 aliphatic carbocycles. The summed E-state index contributed by atoms with van der Waals surface area (Å²) < 4.78 is 5.85. The summed E-state index contributed by atoms with van der Waals surface area (Å²) in [5.74, 6) is 0.0525. The van der Waals surface area contributed by atoms with E-state index in [-0.39, 0.29) is 18.1 Å². The molecule has 3 rings (SSSR count). The fourth-order valence-electron chi connectivity index (χ4n) is 3.09. The SMILES string of the molecule is CCc1ccc(C(=O)c2ccccc2O[C@@H]2S[C@H](CO)[C@@H](O)[C@H](O)[C@H]2O)cc1. The Morgan fingerprint density at radius 3 is 2.32 bits per heavy atom. The summed E-state index contributed by atoms with van der Waals surface area (Å²) in [7, 11) is 0. The second-order valence-electron chi connectivity index (χ2n) is 6.69. The normalized spacial score (nSPS) is 27.4. The standard InChI is InChI=1S/C21H24O6S/c1-2-12-7-9-13(10-8-12)17(23)14-5-3-4-6-15(14)27-21-20(26)19(25)18(24)16(11-22)28-21/h3-10,16,18-22,24-26H,2,11H2,1H3/t16-,18-,19+,20-,21-/m1/s1. The molecule has 0 spiro atoms. The maximum absolute atomic E-state index is 12.9. The van der Waals surface area contributed by atoms with Crippen molar-refractivity contribution in [2.45, 2.75) is 42.3 Å². The van der Waals surface area contributed by atoms with Crippen LogP contribution in [0.5, 0.6) is 5.75 Å². The monoisotopic (exact) mass is 404 g/mol. The van der Waals surface area contributed by atoms with Crippen molar-refractivity contribution < 1.29 is 30.0 Å². The van der Waals surface area contributed by atoms with E-state index >= 15 is 0 Å². The minimum atomic E-state index is -1.45. The van der Waals surface area contributed by atoms with Crippen LogP contribution in [0.3, 0.4) is 0 Å². The number of para-hydroxylation sites is 1. The van der Waals surface area contributed by atoms with Crippen LogP contribution in [0.25, 0.3) is 0 Å². The molecule has 4 N–H and O–H groups in total. The number of ketones is 1. The summed E-state index contributed by atoms with van der Waals surface area (Å²) in [6.45, 7) is 1.66. The molecule has 0 saturated carbocycles. The number of hydrogen-bond acceptors (Lipinski definition) is 7. The summed E-state index contributed by atoms with van der Waals surface area (Å²) >= 11 is 1.02. The average molecular weight is 404 g/mol. The molecule has 1 aliphatic heterocycles. The van der Waals surface area contributed by atoms with Crippen molar-refractivity contribution in [1.29, 1.82) is 0 Å². The van der Waals surface area contributed by atoms with E-state index in [4.69, 9.17) is 4.74 Å². The summed E-state index contributed by atoms with van der Waals surface area (Å²) in [4.78, 5) is 12.9. The molecule has 6 nitrogen and oxygen atoms in total. The molecular formula is C21H24O6S. The molecule has 0 radical (unpaired) electrons. The van der Waals surface area contributed by atoms with E-state index in [0.717, 1.165) is 23.7 Å². The first kappa shape index (κ1) is 20.8. The van der Waals surface area contributed by atoms with Gasteiger partial charge in [-0.05, 0) is 24.1 Å². The number of ether oxygens (including phenoxy) is 1. The zero-order valence-corrected chi connectivity index (χ0v) is 16.2. The molecule has 5 atom stereocenters. The van der Waals surface area contributed by atoms with Gasteiger partial charge < -0.3 is 25.2 Å². The molecule has 1 saturated heterocycles. The van der Waals surface area contributed by atoms with Gasteiger partial charge in [-0.15, -0.1) is 11.8 Å². The van der Waals surface area contributed by atoms with Crippen LogP contribution < -0.4 is 4.74 Å². The molecule has 28 heavy (non-hydrogen) atoms. The fourth-order valence-corrected chi connectivity index (χ4v) is 4.33. The summed E-state index contributed by atoms with van der Waals surface area (Å²) in [5.41, 5.74) is 1.05. The highest BCUT2D eigenvalue weighted by molar-refractivity contribution is 8.00. The van der Waals surface area contributed by atoms with E-state index in [1.807, 2.05) is 19.1 Å². The largest absolute Gasteiger partial charge is 0.476 e. The van der Waals surface area contributed by atoms with Crippen LogP contribution in [0, 0.1) is 0 Å². The molecule has 0 bridgehead atoms. The second kappa shape index (κ2) is 9.07. The summed E-state index contributed by atoms with van der Waals surface area (Å²) in [6.07, 6.45) is -3.20. The highest BCUT2D eigenvalue weighted by atomic mass is 32.2. The first-order valence-electron chi connectivity index (χ1n) is 9.16. The quantitative estimate of drug-likeness (QED) is 0.539. The highest BCUT2D eigenvalue weighted by Gasteiger charge is 2.44. The van der Waals surface area contributed by atoms with Crippen molar-refractivity contribution >= 4 is 17.5 Å². The number of aliphatic hydroxyl groups excluding tert-OH is 4. The molecule has 1 aliphatic rings. The third-order valence-electron chi connectivity index (χ3n) is 4.85. The Kier molecular flexibility index (Phi) is 6.74. The Bertz CT molecular complexity index is 807. The van der Waals surface area contributed by atoms with Crippen molar-refractivity contribution in [3.05, 3.63) is 65.2 Å². The number of thioether (sulfide) groups is 1. The number of rotatable bonds is 6. The number of aliphatic hydroxyl groups is 4. The van der Waals surface area contributed by atoms with Gasteiger partial charge in [-0.1, -0.05) is 43.3 Å². The van der Waals surface area contributed by atoms with E-state index in [9.17, 15) is 25.2 Å². The van der Waals surface area contributed by atoms with E-state index < -0.39 is 29.0 Å². The lowest BCUT2D eigenvalue weighted by Crippen LogP contribution is -2.55. The molecule has 1 fully saturated rings. The van der Waals surface area contributed by atoms with Crippen LogP contribution in [0.15, 0.2) is 48.5 Å². The first-order valence-corrected chi connectivity index (χ1v) is 10.1. The van der Waals surface area contributed by atoms with Gasteiger partial charge in [0.05, 0.1) is 23.5 Å². The number of hydrogen-bond donors (Lipinski definition) is 4. The molecule has 0 amide bonds. The molecule has 150 valence electrons. The van der Waals surface area contributed by atoms with Crippen molar-refractivity contribution in [3.63, 3.8) is 0 Å². The van der Waals surface area contributed by atoms with Crippen molar-refractivity contribution in [2.75, 3.05) is 6.61 Å². The predicted octanol–water partition coefficient (Wildman–Crippen LogP) is 1.38. The Morgan fingerprint density at radius 2 is 1.68 bits per heavy atom. The highest BCUT2D eigenvalue weighted by Crippen LogP contribution is 2.35. The fraction of sp³-hybridized carbons (Fsp3) is 0.381. The van der Waals surface area contributed by atoms with E-state index in [2.05, 4.69) is 0 Å². The number of carbonyl (C=O) groups is 1. The van der Waals surface area contributed by atoms with Gasteiger partial charge in [-0.2, -0.15) is 0 Å². The molecule has 0 aromatic heterocycles. The van der Waals surface area contributed by atoms with Crippen LogP contribution in [-0.4, -0.2) is 61.8 Å². The lowest BCUT2D eigenvalue weighted by molar-refractivity contribution is -0.0909. The van der Waals surface area contributed by atoms with Crippen LogP contribution in [0.4, 0.5) is 0 Å². The lowest BCUT2D eigenvalue weighted by atomic mass is 10.0. The van der Waals surface area contributed by atoms with Crippen LogP contribution in [-0.2, 0) is 6.42 Å². The topological polar surface area (TPSA) is 107 Å². The third-order valence-corrected chi connectivity index (χ3v) is 6.27. The average Bonchev–Trinajstić information content (AvgIpc) is 2.74. The van der Waals surface area contributed by atoms with Gasteiger partial charge in [0.25, 0.3) is 0 Å². The lowest BCUT2D eigenvalue weighted by Gasteiger charge is -2.39. The number of aryl methyl sites for hydroxylation is 1. The number of benzene rings is 2. The smallest absolute Gasteiger partial charge is 0.196 e. The third kappa shape index (κ3) is 4.24. The van der Waals surface area contributed by atoms with Gasteiger partial charge in [0, 0.05) is 5.56 Å². The Morgan fingerprint density at radius 1 is 1.00 bits per heavy atom. The molecule has 2 aromatic carbocycles.